The molecule has 2 unspecified atom stereocenters. The molecule has 1 aromatic rings. The van der Waals surface area contributed by atoms with Crippen molar-refractivity contribution in [3.8, 4) is 0 Å². The van der Waals surface area contributed by atoms with E-state index in [1.807, 2.05) is 6.07 Å². The van der Waals surface area contributed by atoms with E-state index in [-0.39, 0.29) is 5.60 Å². The highest BCUT2D eigenvalue weighted by Gasteiger charge is 2.34. The monoisotopic (exact) mass is 235 g/mol. The second kappa shape index (κ2) is 5.56. The summed E-state index contributed by atoms with van der Waals surface area (Å²) >= 11 is 0. The summed E-state index contributed by atoms with van der Waals surface area (Å²) in [6, 6.07) is 1.81. The largest absolute Gasteiger partial charge is 0.366 e. The van der Waals surface area contributed by atoms with Gasteiger partial charge in [-0.2, -0.15) is 0 Å². The van der Waals surface area contributed by atoms with Crippen LogP contribution in [0.3, 0.4) is 0 Å². The van der Waals surface area contributed by atoms with Crippen molar-refractivity contribution in [1.29, 1.82) is 0 Å². The minimum Gasteiger partial charge on any atom is -0.366 e. The van der Waals surface area contributed by atoms with Crippen LogP contribution in [0.25, 0.3) is 0 Å². The van der Waals surface area contributed by atoms with E-state index in [9.17, 15) is 0 Å². The molecule has 0 saturated heterocycles. The Morgan fingerprint density at radius 1 is 1.47 bits per heavy atom. The third-order valence-corrected chi connectivity index (χ3v) is 3.55. The minimum absolute atomic E-state index is 0.156. The first-order valence-electron chi connectivity index (χ1n) is 6.34. The molecule has 2 rings (SSSR count). The lowest BCUT2D eigenvalue weighted by atomic mass is 9.79. The Hall–Kier alpha value is -1.00. The summed E-state index contributed by atoms with van der Waals surface area (Å²) in [4.78, 5) is 8.34. The van der Waals surface area contributed by atoms with Gasteiger partial charge in [0.2, 0.25) is 0 Å². The molecule has 4 heteroatoms. The summed E-state index contributed by atoms with van der Waals surface area (Å²) in [5.74, 6) is 1.43. The van der Waals surface area contributed by atoms with Crippen molar-refractivity contribution in [2.24, 2.45) is 11.7 Å². The fourth-order valence-corrected chi connectivity index (χ4v) is 2.61. The van der Waals surface area contributed by atoms with Crippen molar-refractivity contribution < 1.29 is 4.74 Å². The average Bonchev–Trinajstić information content (AvgIpc) is 2.38. The Kier molecular flexibility index (Phi) is 4.07. The molecule has 17 heavy (non-hydrogen) atoms. The van der Waals surface area contributed by atoms with E-state index < -0.39 is 0 Å². The molecule has 0 spiro atoms. The third-order valence-electron chi connectivity index (χ3n) is 3.55. The molecular formula is C13H21N3O. The van der Waals surface area contributed by atoms with Crippen LogP contribution in [0.15, 0.2) is 18.5 Å². The van der Waals surface area contributed by atoms with Crippen LogP contribution in [0.5, 0.6) is 0 Å². The van der Waals surface area contributed by atoms with Gasteiger partial charge in [0.1, 0.15) is 6.61 Å². The highest BCUT2D eigenvalue weighted by Crippen LogP contribution is 2.34. The van der Waals surface area contributed by atoms with Crippen LogP contribution in [0, 0.1) is 5.92 Å². The molecule has 0 aliphatic heterocycles. The van der Waals surface area contributed by atoms with Gasteiger partial charge in [0.05, 0.1) is 5.60 Å². The minimum atomic E-state index is -0.156. The molecule has 1 fully saturated rings. The average molecular weight is 235 g/mol. The SMILES string of the molecule is CC1CCCC(CN)(OCc2ncccn2)C1. The van der Waals surface area contributed by atoms with Crippen LogP contribution in [0.4, 0.5) is 0 Å². The van der Waals surface area contributed by atoms with Crippen molar-refractivity contribution in [3.05, 3.63) is 24.3 Å². The molecular weight excluding hydrogens is 214 g/mol. The first kappa shape index (κ1) is 12.5. The topological polar surface area (TPSA) is 61.0 Å². The second-order valence-corrected chi connectivity index (χ2v) is 5.04. The van der Waals surface area contributed by atoms with Gasteiger partial charge in [-0.15, -0.1) is 0 Å². The zero-order valence-electron chi connectivity index (χ0n) is 10.4. The quantitative estimate of drug-likeness (QED) is 0.866. The Bertz CT molecular complexity index is 344. The van der Waals surface area contributed by atoms with Gasteiger partial charge in [0, 0.05) is 18.9 Å². The molecule has 0 radical (unpaired) electrons. The van der Waals surface area contributed by atoms with E-state index in [1.165, 1.54) is 12.8 Å². The van der Waals surface area contributed by atoms with Crippen LogP contribution >= 0.6 is 0 Å². The van der Waals surface area contributed by atoms with Crippen molar-refractivity contribution in [2.75, 3.05) is 6.54 Å². The van der Waals surface area contributed by atoms with Gasteiger partial charge < -0.3 is 10.5 Å². The lowest BCUT2D eigenvalue weighted by Crippen LogP contribution is -2.44. The molecule has 0 aromatic carbocycles. The summed E-state index contributed by atoms with van der Waals surface area (Å²) in [7, 11) is 0. The fraction of sp³-hybridized carbons (Fsp3) is 0.692. The lowest BCUT2D eigenvalue weighted by molar-refractivity contribution is -0.0861. The van der Waals surface area contributed by atoms with Gasteiger partial charge in [0.25, 0.3) is 0 Å². The highest BCUT2D eigenvalue weighted by atomic mass is 16.5. The number of hydrogen-bond donors (Lipinski definition) is 1. The maximum atomic E-state index is 6.03. The normalized spacial score (nSPS) is 29.2. The zero-order chi connectivity index (χ0) is 12.1. The summed E-state index contributed by atoms with van der Waals surface area (Å²) < 4.78 is 6.03. The molecule has 2 atom stereocenters. The van der Waals surface area contributed by atoms with E-state index in [0.29, 0.717) is 19.1 Å². The predicted molar refractivity (Wildman–Crippen MR) is 66.2 cm³/mol. The van der Waals surface area contributed by atoms with E-state index >= 15 is 0 Å². The Labute approximate surface area is 103 Å². The predicted octanol–water partition coefficient (Wildman–Crippen LogP) is 1.90. The van der Waals surface area contributed by atoms with E-state index in [0.717, 1.165) is 18.7 Å². The molecule has 0 amide bonds. The number of nitrogens with two attached hydrogens (primary N) is 1. The summed E-state index contributed by atoms with van der Waals surface area (Å²) in [6.45, 7) is 3.32. The van der Waals surface area contributed by atoms with E-state index in [4.69, 9.17) is 10.5 Å². The van der Waals surface area contributed by atoms with Crippen LogP contribution in [0.2, 0.25) is 0 Å². The van der Waals surface area contributed by atoms with Gasteiger partial charge in [-0.3, -0.25) is 0 Å². The fourth-order valence-electron chi connectivity index (χ4n) is 2.61. The molecule has 1 saturated carbocycles. The maximum absolute atomic E-state index is 6.03. The molecule has 0 bridgehead atoms. The van der Waals surface area contributed by atoms with Crippen LogP contribution in [-0.4, -0.2) is 22.1 Å². The molecule has 4 nitrogen and oxygen atoms in total. The first-order valence-corrected chi connectivity index (χ1v) is 6.34. The summed E-state index contributed by atoms with van der Waals surface area (Å²) in [5.41, 5.74) is 5.74. The maximum Gasteiger partial charge on any atom is 0.153 e. The summed E-state index contributed by atoms with van der Waals surface area (Å²) in [6.07, 6.45) is 8.08. The molecule has 1 aromatic heterocycles. The van der Waals surface area contributed by atoms with Crippen molar-refractivity contribution >= 4 is 0 Å². The Morgan fingerprint density at radius 2 is 2.24 bits per heavy atom. The number of rotatable bonds is 4. The number of aromatic nitrogens is 2. The Balaban J connectivity index is 1.95. The van der Waals surface area contributed by atoms with Crippen molar-refractivity contribution in [1.82, 2.24) is 9.97 Å². The molecule has 1 heterocycles. The van der Waals surface area contributed by atoms with Crippen LogP contribution in [-0.2, 0) is 11.3 Å². The number of nitrogens with zero attached hydrogens (tertiary/aromatic N) is 2. The van der Waals surface area contributed by atoms with Gasteiger partial charge in [0.15, 0.2) is 5.82 Å². The van der Waals surface area contributed by atoms with Crippen LogP contribution < -0.4 is 5.73 Å². The highest BCUT2D eigenvalue weighted by molar-refractivity contribution is 4.91. The standard InChI is InChI=1S/C13H21N3O/c1-11-4-2-5-13(8-11,10-14)17-9-12-15-6-3-7-16-12/h3,6-7,11H,2,4-5,8-10,14H2,1H3. The van der Waals surface area contributed by atoms with Gasteiger partial charge >= 0.3 is 0 Å². The lowest BCUT2D eigenvalue weighted by Gasteiger charge is -2.38. The van der Waals surface area contributed by atoms with E-state index in [2.05, 4.69) is 16.9 Å². The smallest absolute Gasteiger partial charge is 0.153 e. The molecule has 1 aliphatic rings. The first-order chi connectivity index (χ1) is 8.24. The third kappa shape index (κ3) is 3.23. The number of hydrogen-bond acceptors (Lipinski definition) is 4. The molecule has 2 N–H and O–H groups in total. The van der Waals surface area contributed by atoms with E-state index in [1.54, 1.807) is 12.4 Å². The van der Waals surface area contributed by atoms with Gasteiger partial charge in [-0.05, 0) is 24.8 Å². The molecule has 94 valence electrons. The second-order valence-electron chi connectivity index (χ2n) is 5.04. The zero-order valence-corrected chi connectivity index (χ0v) is 10.4. The Morgan fingerprint density at radius 3 is 2.88 bits per heavy atom. The van der Waals surface area contributed by atoms with Gasteiger partial charge in [-0.1, -0.05) is 19.8 Å². The number of ether oxygens (including phenoxy) is 1. The molecule has 1 aliphatic carbocycles. The van der Waals surface area contributed by atoms with Gasteiger partial charge in [-0.25, -0.2) is 9.97 Å². The van der Waals surface area contributed by atoms with Crippen molar-refractivity contribution in [2.45, 2.75) is 44.8 Å². The van der Waals surface area contributed by atoms with Crippen LogP contribution in [0.1, 0.15) is 38.4 Å². The summed E-state index contributed by atoms with van der Waals surface area (Å²) in [5, 5.41) is 0. The van der Waals surface area contributed by atoms with Crippen molar-refractivity contribution in [3.63, 3.8) is 0 Å².